The first-order valence-electron chi connectivity index (χ1n) is 4.10. The van der Waals surface area contributed by atoms with Crippen LogP contribution in [0.1, 0.15) is 19.8 Å². The van der Waals surface area contributed by atoms with Crippen molar-refractivity contribution in [1.82, 2.24) is 4.90 Å². The second-order valence-electron chi connectivity index (χ2n) is 3.95. The Bertz CT molecular complexity index is 290. The summed E-state index contributed by atoms with van der Waals surface area (Å²) >= 11 is 6.05. The lowest BCUT2D eigenvalue weighted by molar-refractivity contribution is -0.157. The quantitative estimate of drug-likeness (QED) is 0.630. The van der Waals surface area contributed by atoms with E-state index < -0.39 is 16.4 Å². The number of alkyl halides is 1. The van der Waals surface area contributed by atoms with Gasteiger partial charge in [-0.1, -0.05) is 0 Å². The summed E-state index contributed by atoms with van der Waals surface area (Å²) in [6.45, 7) is 1.75. The monoisotopic (exact) mass is 203 g/mol. The van der Waals surface area contributed by atoms with E-state index in [9.17, 15) is 9.59 Å². The minimum absolute atomic E-state index is 0.206. The molecule has 3 fully saturated rings. The highest BCUT2D eigenvalue weighted by molar-refractivity contribution is 6.26. The number of aliphatic carboxylic acids is 1. The van der Waals surface area contributed by atoms with Crippen LogP contribution in [0.2, 0.25) is 0 Å². The van der Waals surface area contributed by atoms with Crippen molar-refractivity contribution in [2.24, 2.45) is 0 Å². The lowest BCUT2D eigenvalue weighted by atomic mass is 9.72. The molecule has 0 aromatic carbocycles. The number of rotatable bonds is 1. The highest BCUT2D eigenvalue weighted by Crippen LogP contribution is 2.57. The van der Waals surface area contributed by atoms with Crippen LogP contribution in [0.5, 0.6) is 0 Å². The Hall–Kier alpha value is -0.770. The van der Waals surface area contributed by atoms with E-state index in [0.717, 1.165) is 0 Å². The van der Waals surface area contributed by atoms with Gasteiger partial charge in [-0.25, -0.2) is 4.79 Å². The predicted molar refractivity (Wildman–Crippen MR) is 45.6 cm³/mol. The number of fused-ring (bicyclic) bond motifs is 1. The van der Waals surface area contributed by atoms with E-state index >= 15 is 0 Å². The van der Waals surface area contributed by atoms with Gasteiger partial charge in [0.25, 0.3) is 0 Å². The standard InChI is InChI=1S/C8H10ClNO3/c1-5(11)10-4-7(9)2-8(10,3-7)6(12)13/h2-4H2,1H3,(H,12,13). The molecule has 0 radical (unpaired) electrons. The Morgan fingerprint density at radius 2 is 2.00 bits per heavy atom. The number of carbonyl (C=O) groups is 2. The third-order valence-electron chi connectivity index (χ3n) is 2.95. The van der Waals surface area contributed by atoms with Gasteiger partial charge in [0.05, 0.1) is 4.87 Å². The van der Waals surface area contributed by atoms with Gasteiger partial charge in [-0.15, -0.1) is 11.6 Å². The molecule has 5 heteroatoms. The normalized spacial score (nSPS) is 41.5. The summed E-state index contributed by atoms with van der Waals surface area (Å²) in [7, 11) is 0. The molecule has 0 aromatic rings. The Kier molecular flexibility index (Phi) is 1.48. The van der Waals surface area contributed by atoms with E-state index in [1.54, 1.807) is 0 Å². The fourth-order valence-corrected chi connectivity index (χ4v) is 2.97. The summed E-state index contributed by atoms with van der Waals surface area (Å²) in [5, 5.41) is 8.99. The second kappa shape index (κ2) is 2.18. The van der Waals surface area contributed by atoms with Gasteiger partial charge in [0, 0.05) is 26.3 Å². The number of hydrogen-bond acceptors (Lipinski definition) is 2. The van der Waals surface area contributed by atoms with Crippen LogP contribution in [0.25, 0.3) is 0 Å². The molecule has 2 saturated heterocycles. The van der Waals surface area contributed by atoms with Crippen LogP contribution in [-0.4, -0.2) is 38.8 Å². The minimum Gasteiger partial charge on any atom is -0.479 e. The number of carboxylic acid groups (broad SMARTS) is 1. The van der Waals surface area contributed by atoms with Crippen LogP contribution in [0.15, 0.2) is 0 Å². The lowest BCUT2D eigenvalue weighted by Gasteiger charge is -2.40. The van der Waals surface area contributed by atoms with Gasteiger partial charge in [-0.05, 0) is 0 Å². The second-order valence-corrected chi connectivity index (χ2v) is 4.75. The van der Waals surface area contributed by atoms with Gasteiger partial charge >= 0.3 is 5.97 Å². The molecule has 3 aliphatic rings. The van der Waals surface area contributed by atoms with Crippen LogP contribution in [0, 0.1) is 0 Å². The molecule has 0 spiro atoms. The van der Waals surface area contributed by atoms with Crippen LogP contribution in [0.3, 0.4) is 0 Å². The van der Waals surface area contributed by atoms with Gasteiger partial charge in [0.1, 0.15) is 5.54 Å². The van der Waals surface area contributed by atoms with Gasteiger partial charge in [-0.2, -0.15) is 0 Å². The van der Waals surface area contributed by atoms with Crippen molar-refractivity contribution in [2.75, 3.05) is 6.54 Å². The van der Waals surface area contributed by atoms with Crippen molar-refractivity contribution >= 4 is 23.5 Å². The van der Waals surface area contributed by atoms with E-state index in [2.05, 4.69) is 0 Å². The number of amides is 1. The van der Waals surface area contributed by atoms with Crippen LogP contribution >= 0.6 is 11.6 Å². The first-order valence-corrected chi connectivity index (χ1v) is 4.48. The minimum atomic E-state index is -0.992. The maximum Gasteiger partial charge on any atom is 0.329 e. The van der Waals surface area contributed by atoms with E-state index in [0.29, 0.717) is 19.4 Å². The average molecular weight is 204 g/mol. The maximum atomic E-state index is 11.1. The van der Waals surface area contributed by atoms with Crippen molar-refractivity contribution < 1.29 is 14.7 Å². The lowest BCUT2D eigenvalue weighted by Crippen LogP contribution is -2.57. The van der Waals surface area contributed by atoms with Crippen molar-refractivity contribution in [3.63, 3.8) is 0 Å². The van der Waals surface area contributed by atoms with Crippen molar-refractivity contribution in [3.8, 4) is 0 Å². The molecule has 1 N–H and O–H groups in total. The maximum absolute atomic E-state index is 11.1. The molecule has 1 saturated carbocycles. The molecular formula is C8H10ClNO3. The first-order chi connectivity index (χ1) is 5.90. The summed E-state index contributed by atoms with van der Waals surface area (Å²) in [5.74, 6) is -1.14. The molecular weight excluding hydrogens is 194 g/mol. The zero-order chi connectivity index (χ0) is 9.85. The molecule has 0 atom stereocenters. The molecule has 2 bridgehead atoms. The summed E-state index contributed by atoms with van der Waals surface area (Å²) in [6, 6.07) is 0. The van der Waals surface area contributed by atoms with Crippen LogP contribution < -0.4 is 0 Å². The molecule has 2 aliphatic heterocycles. The molecule has 0 unspecified atom stereocenters. The molecule has 1 amide bonds. The highest BCUT2D eigenvalue weighted by atomic mass is 35.5. The zero-order valence-electron chi connectivity index (χ0n) is 7.21. The Morgan fingerprint density at radius 3 is 2.31 bits per heavy atom. The molecule has 1 aliphatic carbocycles. The molecule has 3 rings (SSSR count). The first kappa shape index (κ1) is 8.81. The Labute approximate surface area is 80.5 Å². The number of hydrogen-bond donors (Lipinski definition) is 1. The summed E-state index contributed by atoms with van der Waals surface area (Å²) in [4.78, 5) is 23.0. The van der Waals surface area contributed by atoms with E-state index in [1.807, 2.05) is 0 Å². The molecule has 4 nitrogen and oxygen atoms in total. The topological polar surface area (TPSA) is 57.6 Å². The van der Waals surface area contributed by atoms with E-state index in [1.165, 1.54) is 11.8 Å². The number of nitrogens with zero attached hydrogens (tertiary/aromatic N) is 1. The molecule has 72 valence electrons. The molecule has 2 heterocycles. The van der Waals surface area contributed by atoms with Gasteiger partial charge in [-0.3, -0.25) is 4.79 Å². The van der Waals surface area contributed by atoms with E-state index in [4.69, 9.17) is 16.7 Å². The summed E-state index contributed by atoms with van der Waals surface area (Å²) in [6.07, 6.45) is 0.771. The largest absolute Gasteiger partial charge is 0.479 e. The third-order valence-corrected chi connectivity index (χ3v) is 3.34. The third kappa shape index (κ3) is 0.921. The molecule has 13 heavy (non-hydrogen) atoms. The number of carboxylic acids is 1. The van der Waals surface area contributed by atoms with Crippen molar-refractivity contribution in [3.05, 3.63) is 0 Å². The Morgan fingerprint density at radius 1 is 1.46 bits per heavy atom. The van der Waals surface area contributed by atoms with E-state index in [-0.39, 0.29) is 5.91 Å². The Balaban J connectivity index is 2.32. The number of halogens is 1. The van der Waals surface area contributed by atoms with Crippen molar-refractivity contribution in [1.29, 1.82) is 0 Å². The number of carbonyl (C=O) groups excluding carboxylic acids is 1. The zero-order valence-corrected chi connectivity index (χ0v) is 7.97. The highest BCUT2D eigenvalue weighted by Gasteiger charge is 2.69. The summed E-state index contributed by atoms with van der Waals surface area (Å²) in [5.41, 5.74) is -0.992. The summed E-state index contributed by atoms with van der Waals surface area (Å²) < 4.78 is 0. The fourth-order valence-electron chi connectivity index (χ4n) is 2.41. The van der Waals surface area contributed by atoms with Crippen LogP contribution in [-0.2, 0) is 9.59 Å². The smallest absolute Gasteiger partial charge is 0.329 e. The fraction of sp³-hybridized carbons (Fsp3) is 0.750. The van der Waals surface area contributed by atoms with Gasteiger partial charge in [0.15, 0.2) is 0 Å². The van der Waals surface area contributed by atoms with Gasteiger partial charge in [0.2, 0.25) is 5.91 Å². The average Bonchev–Trinajstić information content (AvgIpc) is 2.36. The van der Waals surface area contributed by atoms with Crippen LogP contribution in [0.4, 0.5) is 0 Å². The predicted octanol–water partition coefficient (Wildman–Crippen LogP) is 0.443. The SMILES string of the molecule is CC(=O)N1CC2(Cl)CC1(C(=O)O)C2. The van der Waals surface area contributed by atoms with Gasteiger partial charge < -0.3 is 10.0 Å². The molecule has 0 aromatic heterocycles. The van der Waals surface area contributed by atoms with Crippen molar-refractivity contribution in [2.45, 2.75) is 30.2 Å².